The summed E-state index contributed by atoms with van der Waals surface area (Å²) in [5, 5.41) is 9.89. The van der Waals surface area contributed by atoms with E-state index >= 15 is 0 Å². The number of nitrogens with zero attached hydrogens (tertiary/aromatic N) is 2. The van der Waals surface area contributed by atoms with E-state index in [9.17, 15) is 9.59 Å². The molecule has 4 rings (SSSR count). The molecule has 1 N–H and O–H groups in total. The van der Waals surface area contributed by atoms with E-state index in [0.29, 0.717) is 11.3 Å². The first-order valence-corrected chi connectivity index (χ1v) is 7.82. The number of aliphatic imine (C=N–C) groups is 1. The first-order valence-electron chi connectivity index (χ1n) is 7.82. The summed E-state index contributed by atoms with van der Waals surface area (Å²) in [5.41, 5.74) is 3.07. The SMILES string of the molecule is CC(C(=O)O)c1ccc2ccccc2n1.O=C1N=Cc2ccccc21. The number of amides is 1. The number of carboxylic acids is 1. The predicted octanol–water partition coefficient (Wildman–Crippen LogP) is 3.68. The van der Waals surface area contributed by atoms with Crippen LogP contribution in [0.15, 0.2) is 65.7 Å². The number of hydrogen-bond donors (Lipinski definition) is 1. The lowest BCUT2D eigenvalue weighted by molar-refractivity contribution is -0.138. The Kier molecular flexibility index (Phi) is 4.66. The number of carbonyl (C=O) groups excluding carboxylic acids is 1. The summed E-state index contributed by atoms with van der Waals surface area (Å²) < 4.78 is 0. The van der Waals surface area contributed by atoms with Gasteiger partial charge in [0, 0.05) is 17.2 Å². The fraction of sp³-hybridized carbons (Fsp3) is 0.100. The van der Waals surface area contributed by atoms with Crippen LogP contribution in [0.4, 0.5) is 0 Å². The zero-order valence-electron chi connectivity index (χ0n) is 13.6. The van der Waals surface area contributed by atoms with Crippen molar-refractivity contribution in [3.05, 3.63) is 77.5 Å². The molecule has 1 aliphatic rings. The molecule has 1 aromatic heterocycles. The average Bonchev–Trinajstić information content (AvgIpc) is 3.02. The third kappa shape index (κ3) is 3.61. The second-order valence-electron chi connectivity index (χ2n) is 5.64. The highest BCUT2D eigenvalue weighted by atomic mass is 16.4. The molecule has 5 heteroatoms. The molecule has 1 atom stereocenters. The number of pyridine rings is 1. The fourth-order valence-electron chi connectivity index (χ4n) is 2.45. The van der Waals surface area contributed by atoms with Crippen molar-refractivity contribution in [1.29, 1.82) is 0 Å². The summed E-state index contributed by atoms with van der Waals surface area (Å²) >= 11 is 0. The van der Waals surface area contributed by atoms with Crippen LogP contribution < -0.4 is 0 Å². The summed E-state index contributed by atoms with van der Waals surface area (Å²) in [6.07, 6.45) is 1.59. The van der Waals surface area contributed by atoms with Gasteiger partial charge in [-0.1, -0.05) is 42.5 Å². The van der Waals surface area contributed by atoms with E-state index in [1.165, 1.54) is 0 Å². The number of fused-ring (bicyclic) bond motifs is 2. The van der Waals surface area contributed by atoms with Crippen LogP contribution in [0.25, 0.3) is 10.9 Å². The highest BCUT2D eigenvalue weighted by Gasteiger charge is 2.15. The quantitative estimate of drug-likeness (QED) is 0.776. The van der Waals surface area contributed by atoms with E-state index in [2.05, 4.69) is 9.98 Å². The molecule has 1 unspecified atom stereocenters. The molecule has 0 fully saturated rings. The summed E-state index contributed by atoms with van der Waals surface area (Å²) in [6, 6.07) is 18.7. The van der Waals surface area contributed by atoms with Crippen molar-refractivity contribution >= 4 is 29.0 Å². The lowest BCUT2D eigenvalue weighted by Crippen LogP contribution is -2.08. The summed E-state index contributed by atoms with van der Waals surface area (Å²) in [5.74, 6) is -1.54. The highest BCUT2D eigenvalue weighted by molar-refractivity contribution is 6.12. The second-order valence-corrected chi connectivity index (χ2v) is 5.64. The molecule has 2 heterocycles. The Labute approximate surface area is 144 Å². The van der Waals surface area contributed by atoms with E-state index in [1.807, 2.05) is 48.5 Å². The average molecular weight is 332 g/mol. The number of carbonyl (C=O) groups is 2. The summed E-state index contributed by atoms with van der Waals surface area (Å²) in [6.45, 7) is 1.64. The number of benzene rings is 2. The Balaban J connectivity index is 0.000000157. The molecule has 5 nitrogen and oxygen atoms in total. The van der Waals surface area contributed by atoms with Gasteiger partial charge in [0.15, 0.2) is 0 Å². The standard InChI is InChI=1S/C12H11NO2.C8H5NO/c1-8(12(14)15)10-7-6-9-4-2-3-5-11(9)13-10;10-8-7-4-2-1-3-6(7)5-9-8/h2-8H,1H3,(H,14,15);1-5H. The molecule has 2 aromatic carbocycles. The molecular weight excluding hydrogens is 316 g/mol. The monoisotopic (exact) mass is 332 g/mol. The maximum Gasteiger partial charge on any atom is 0.312 e. The van der Waals surface area contributed by atoms with Crippen LogP contribution in [-0.4, -0.2) is 28.2 Å². The molecule has 1 amide bonds. The maximum atomic E-state index is 10.9. The number of rotatable bonds is 2. The third-order valence-corrected chi connectivity index (χ3v) is 3.95. The lowest BCUT2D eigenvalue weighted by atomic mass is 10.1. The van der Waals surface area contributed by atoms with E-state index in [-0.39, 0.29) is 5.91 Å². The maximum absolute atomic E-state index is 10.9. The lowest BCUT2D eigenvalue weighted by Gasteiger charge is -2.06. The van der Waals surface area contributed by atoms with Crippen LogP contribution >= 0.6 is 0 Å². The van der Waals surface area contributed by atoms with Gasteiger partial charge in [0.2, 0.25) is 0 Å². The van der Waals surface area contributed by atoms with Crippen LogP contribution in [0.5, 0.6) is 0 Å². The van der Waals surface area contributed by atoms with Crippen molar-refractivity contribution < 1.29 is 14.7 Å². The van der Waals surface area contributed by atoms with Gasteiger partial charge in [0.25, 0.3) is 5.91 Å². The first-order chi connectivity index (χ1) is 12.1. The van der Waals surface area contributed by atoms with Gasteiger partial charge in [-0.05, 0) is 25.1 Å². The van der Waals surface area contributed by atoms with Crippen LogP contribution in [0.1, 0.15) is 34.5 Å². The number of para-hydroxylation sites is 1. The van der Waals surface area contributed by atoms with Gasteiger partial charge in [-0.15, -0.1) is 0 Å². The molecular formula is C20H16N2O3. The van der Waals surface area contributed by atoms with Crippen LogP contribution in [0.3, 0.4) is 0 Å². The summed E-state index contributed by atoms with van der Waals surface area (Å²) in [4.78, 5) is 29.6. The van der Waals surface area contributed by atoms with E-state index in [0.717, 1.165) is 16.5 Å². The highest BCUT2D eigenvalue weighted by Crippen LogP contribution is 2.17. The number of aromatic nitrogens is 1. The van der Waals surface area contributed by atoms with Gasteiger partial charge in [-0.25, -0.2) is 4.99 Å². The number of aliphatic carboxylic acids is 1. The molecule has 3 aromatic rings. The van der Waals surface area contributed by atoms with E-state index < -0.39 is 11.9 Å². The second kappa shape index (κ2) is 7.05. The normalized spacial score (nSPS) is 13.1. The third-order valence-electron chi connectivity index (χ3n) is 3.95. The zero-order valence-corrected chi connectivity index (χ0v) is 13.6. The molecule has 124 valence electrons. The Morgan fingerprint density at radius 2 is 1.72 bits per heavy atom. The predicted molar refractivity (Wildman–Crippen MR) is 96.2 cm³/mol. The molecule has 0 saturated carbocycles. The van der Waals surface area contributed by atoms with E-state index in [1.54, 1.807) is 25.3 Å². The van der Waals surface area contributed by atoms with Crippen LogP contribution in [0.2, 0.25) is 0 Å². The van der Waals surface area contributed by atoms with Gasteiger partial charge in [-0.2, -0.15) is 0 Å². The molecule has 0 bridgehead atoms. The van der Waals surface area contributed by atoms with Gasteiger partial charge in [0.1, 0.15) is 0 Å². The van der Waals surface area contributed by atoms with Gasteiger partial charge < -0.3 is 5.11 Å². The zero-order chi connectivity index (χ0) is 17.8. The minimum atomic E-state index is -0.849. The Hall–Kier alpha value is -3.34. The minimum Gasteiger partial charge on any atom is -0.481 e. The first kappa shape index (κ1) is 16.5. The molecule has 1 aliphatic heterocycles. The Morgan fingerprint density at radius 1 is 1.00 bits per heavy atom. The van der Waals surface area contributed by atoms with Crippen molar-refractivity contribution in [2.24, 2.45) is 4.99 Å². The molecule has 0 radical (unpaired) electrons. The van der Waals surface area contributed by atoms with Crippen molar-refractivity contribution in [1.82, 2.24) is 4.98 Å². The minimum absolute atomic E-state index is 0.129. The van der Waals surface area contributed by atoms with Crippen molar-refractivity contribution in [3.63, 3.8) is 0 Å². The largest absolute Gasteiger partial charge is 0.481 e. The van der Waals surface area contributed by atoms with Gasteiger partial charge in [-0.3, -0.25) is 14.6 Å². The molecule has 25 heavy (non-hydrogen) atoms. The van der Waals surface area contributed by atoms with Crippen molar-refractivity contribution in [2.45, 2.75) is 12.8 Å². The number of hydrogen-bond acceptors (Lipinski definition) is 3. The van der Waals surface area contributed by atoms with Crippen molar-refractivity contribution in [2.75, 3.05) is 0 Å². The topological polar surface area (TPSA) is 79.6 Å². The Morgan fingerprint density at radius 3 is 2.48 bits per heavy atom. The van der Waals surface area contributed by atoms with Gasteiger partial charge >= 0.3 is 5.97 Å². The van der Waals surface area contributed by atoms with Gasteiger partial charge in [0.05, 0.1) is 22.7 Å². The van der Waals surface area contributed by atoms with Crippen LogP contribution in [0, 0.1) is 0 Å². The molecule has 0 spiro atoms. The summed E-state index contributed by atoms with van der Waals surface area (Å²) in [7, 11) is 0. The smallest absolute Gasteiger partial charge is 0.312 e. The fourth-order valence-corrected chi connectivity index (χ4v) is 2.45. The number of carboxylic acid groups (broad SMARTS) is 1. The molecule has 0 saturated heterocycles. The van der Waals surface area contributed by atoms with Crippen LogP contribution in [-0.2, 0) is 4.79 Å². The van der Waals surface area contributed by atoms with Crippen molar-refractivity contribution in [3.8, 4) is 0 Å². The van der Waals surface area contributed by atoms with E-state index in [4.69, 9.17) is 5.11 Å². The molecule has 0 aliphatic carbocycles. The Bertz CT molecular complexity index is 979.